The quantitative estimate of drug-likeness (QED) is 0.752. The lowest BCUT2D eigenvalue weighted by Crippen LogP contribution is -2.39. The highest BCUT2D eigenvalue weighted by molar-refractivity contribution is 6.09. The molecule has 0 unspecified atom stereocenters. The molecule has 1 aromatic carbocycles. The van der Waals surface area contributed by atoms with Gasteiger partial charge in [-0.15, -0.1) is 0 Å². The molecule has 0 radical (unpaired) electrons. The summed E-state index contributed by atoms with van der Waals surface area (Å²) >= 11 is 0. The molecule has 1 atom stereocenters. The van der Waals surface area contributed by atoms with Crippen LogP contribution in [0.5, 0.6) is 0 Å². The van der Waals surface area contributed by atoms with E-state index in [1.54, 1.807) is 24.4 Å². The molecule has 2 aromatic rings. The first-order chi connectivity index (χ1) is 14.7. The molecule has 5 nitrogen and oxygen atoms in total. The Kier molecular flexibility index (Phi) is 5.25. The second-order valence-corrected chi connectivity index (χ2v) is 9.10. The van der Waals surface area contributed by atoms with Crippen molar-refractivity contribution in [1.29, 1.82) is 0 Å². The number of dihydropyridines is 1. The first-order valence-electron chi connectivity index (χ1n) is 10.4. The van der Waals surface area contributed by atoms with Crippen LogP contribution in [0, 0.1) is 18.2 Å². The van der Waals surface area contributed by atoms with Crippen LogP contribution in [0.3, 0.4) is 0 Å². The van der Waals surface area contributed by atoms with Gasteiger partial charge in [-0.25, -0.2) is 9.37 Å². The zero-order chi connectivity index (χ0) is 22.3. The number of anilines is 1. The maximum Gasteiger partial charge on any atom is 0.255 e. The van der Waals surface area contributed by atoms with E-state index in [-0.39, 0.29) is 22.9 Å². The molecule has 4 rings (SSSR count). The number of aromatic nitrogens is 1. The lowest BCUT2D eigenvalue weighted by molar-refractivity contribution is -0.118. The van der Waals surface area contributed by atoms with E-state index < -0.39 is 5.92 Å². The number of allylic oxidation sites excluding steroid dienone is 3. The first kappa shape index (κ1) is 21.0. The van der Waals surface area contributed by atoms with Crippen LogP contribution in [-0.2, 0) is 9.59 Å². The third kappa shape index (κ3) is 4.02. The zero-order valence-electron chi connectivity index (χ0n) is 18.2. The van der Waals surface area contributed by atoms with Crippen LogP contribution < -0.4 is 10.6 Å². The summed E-state index contributed by atoms with van der Waals surface area (Å²) in [6, 6.07) is 9.70. The lowest BCUT2D eigenvalue weighted by Gasteiger charge is -2.39. The second-order valence-electron chi connectivity index (χ2n) is 9.10. The van der Waals surface area contributed by atoms with Gasteiger partial charge in [0.15, 0.2) is 5.78 Å². The normalized spacial score (nSPS) is 20.3. The summed E-state index contributed by atoms with van der Waals surface area (Å²) < 4.78 is 13.6. The molecular formula is C25H26FN3O2. The third-order valence-corrected chi connectivity index (χ3v) is 5.93. The van der Waals surface area contributed by atoms with Crippen molar-refractivity contribution in [2.45, 2.75) is 46.5 Å². The van der Waals surface area contributed by atoms with Gasteiger partial charge in [-0.05, 0) is 55.0 Å². The van der Waals surface area contributed by atoms with Crippen molar-refractivity contribution < 1.29 is 14.0 Å². The van der Waals surface area contributed by atoms with Gasteiger partial charge in [-0.3, -0.25) is 9.59 Å². The van der Waals surface area contributed by atoms with Crippen LogP contribution in [0.4, 0.5) is 10.2 Å². The average Bonchev–Trinajstić information content (AvgIpc) is 2.68. The Hall–Kier alpha value is -3.28. The van der Waals surface area contributed by atoms with Crippen molar-refractivity contribution in [1.82, 2.24) is 10.3 Å². The minimum Gasteiger partial charge on any atom is -0.362 e. The van der Waals surface area contributed by atoms with Crippen LogP contribution in [0.1, 0.15) is 50.7 Å². The van der Waals surface area contributed by atoms with Gasteiger partial charge in [0.1, 0.15) is 11.6 Å². The predicted octanol–water partition coefficient (Wildman–Crippen LogP) is 4.77. The number of carbonyl (C=O) groups is 2. The van der Waals surface area contributed by atoms with Crippen LogP contribution in [-0.4, -0.2) is 16.7 Å². The highest BCUT2D eigenvalue weighted by atomic mass is 19.1. The molecule has 0 saturated heterocycles. The molecule has 1 aliphatic carbocycles. The molecule has 0 spiro atoms. The summed E-state index contributed by atoms with van der Waals surface area (Å²) in [6.07, 6.45) is 2.73. The summed E-state index contributed by atoms with van der Waals surface area (Å²) in [7, 11) is 0. The van der Waals surface area contributed by atoms with Crippen molar-refractivity contribution >= 4 is 17.5 Å². The Balaban J connectivity index is 1.81. The van der Waals surface area contributed by atoms with Crippen LogP contribution in [0.25, 0.3) is 0 Å². The second kappa shape index (κ2) is 7.76. The summed E-state index contributed by atoms with van der Waals surface area (Å²) in [4.78, 5) is 30.9. The number of Topliss-reactive ketones (excluding diaryl/α,β-unsaturated/α-hetero) is 1. The van der Waals surface area contributed by atoms with E-state index in [2.05, 4.69) is 29.5 Å². The van der Waals surface area contributed by atoms with Gasteiger partial charge in [-0.1, -0.05) is 32.0 Å². The van der Waals surface area contributed by atoms with Gasteiger partial charge in [0, 0.05) is 41.1 Å². The minimum atomic E-state index is -0.565. The van der Waals surface area contributed by atoms with E-state index in [4.69, 9.17) is 0 Å². The minimum absolute atomic E-state index is 0.0138. The molecule has 1 aromatic heterocycles. The van der Waals surface area contributed by atoms with Gasteiger partial charge in [0.2, 0.25) is 0 Å². The number of ketones is 1. The predicted molar refractivity (Wildman–Crippen MR) is 118 cm³/mol. The number of amides is 1. The number of benzene rings is 1. The fourth-order valence-electron chi connectivity index (χ4n) is 4.52. The SMILES string of the molecule is CC1=C(C(=O)Nc2ncccc2C)[C@H](c2ccc(F)cc2)C2=C(CC(C)(C)CC2=O)N1. The van der Waals surface area contributed by atoms with Gasteiger partial charge >= 0.3 is 0 Å². The maximum atomic E-state index is 13.6. The molecule has 160 valence electrons. The van der Waals surface area contributed by atoms with E-state index in [1.807, 2.05) is 19.9 Å². The largest absolute Gasteiger partial charge is 0.362 e. The Labute approximate surface area is 181 Å². The highest BCUT2D eigenvalue weighted by Gasteiger charge is 2.42. The van der Waals surface area contributed by atoms with Crippen molar-refractivity contribution in [2.75, 3.05) is 5.32 Å². The lowest BCUT2D eigenvalue weighted by atomic mass is 9.68. The van der Waals surface area contributed by atoms with Crippen LogP contribution >= 0.6 is 0 Å². The molecule has 2 heterocycles. The molecule has 6 heteroatoms. The molecule has 31 heavy (non-hydrogen) atoms. The van der Waals surface area contributed by atoms with Gasteiger partial charge in [0.25, 0.3) is 5.91 Å². The van der Waals surface area contributed by atoms with E-state index in [1.165, 1.54) is 12.1 Å². The number of hydrogen-bond donors (Lipinski definition) is 2. The number of aryl methyl sites for hydroxylation is 1. The van der Waals surface area contributed by atoms with Crippen molar-refractivity contribution in [3.05, 3.63) is 82.1 Å². The molecule has 1 aliphatic heterocycles. The Morgan fingerprint density at radius 1 is 1.16 bits per heavy atom. The summed E-state index contributed by atoms with van der Waals surface area (Å²) in [5, 5.41) is 6.22. The van der Waals surface area contributed by atoms with Crippen molar-refractivity contribution in [3.63, 3.8) is 0 Å². The van der Waals surface area contributed by atoms with E-state index in [9.17, 15) is 14.0 Å². The number of hydrogen-bond acceptors (Lipinski definition) is 4. The smallest absolute Gasteiger partial charge is 0.255 e. The van der Waals surface area contributed by atoms with Crippen LogP contribution in [0.2, 0.25) is 0 Å². The van der Waals surface area contributed by atoms with E-state index >= 15 is 0 Å². The summed E-state index contributed by atoms with van der Waals surface area (Å²) in [5.74, 6) is -0.769. The monoisotopic (exact) mass is 419 g/mol. The summed E-state index contributed by atoms with van der Waals surface area (Å²) in [5.41, 5.74) is 3.96. The molecular weight excluding hydrogens is 393 g/mol. The van der Waals surface area contributed by atoms with Crippen LogP contribution in [0.15, 0.2) is 65.1 Å². The Morgan fingerprint density at radius 2 is 1.87 bits per heavy atom. The molecule has 0 bridgehead atoms. The number of halogens is 1. The van der Waals surface area contributed by atoms with E-state index in [0.29, 0.717) is 41.1 Å². The number of nitrogens with zero attached hydrogens (tertiary/aromatic N) is 1. The highest BCUT2D eigenvalue weighted by Crippen LogP contribution is 2.46. The number of rotatable bonds is 3. The average molecular weight is 420 g/mol. The summed E-state index contributed by atoms with van der Waals surface area (Å²) in [6.45, 7) is 7.84. The fraction of sp³-hybridized carbons (Fsp3) is 0.320. The third-order valence-electron chi connectivity index (χ3n) is 5.93. The molecule has 0 saturated carbocycles. The Morgan fingerprint density at radius 3 is 2.55 bits per heavy atom. The van der Waals surface area contributed by atoms with Crippen molar-refractivity contribution in [3.8, 4) is 0 Å². The molecule has 0 fully saturated rings. The molecule has 1 amide bonds. The zero-order valence-corrected chi connectivity index (χ0v) is 18.2. The number of nitrogens with one attached hydrogen (secondary N) is 2. The van der Waals surface area contributed by atoms with Gasteiger partial charge in [0.05, 0.1) is 0 Å². The van der Waals surface area contributed by atoms with Gasteiger partial charge in [-0.2, -0.15) is 0 Å². The fourth-order valence-corrected chi connectivity index (χ4v) is 4.52. The van der Waals surface area contributed by atoms with E-state index in [0.717, 1.165) is 11.3 Å². The molecule has 2 aliphatic rings. The first-order valence-corrected chi connectivity index (χ1v) is 10.4. The van der Waals surface area contributed by atoms with Crippen molar-refractivity contribution in [2.24, 2.45) is 5.41 Å². The topological polar surface area (TPSA) is 71.1 Å². The number of pyridine rings is 1. The Bertz CT molecular complexity index is 1130. The van der Waals surface area contributed by atoms with Gasteiger partial charge < -0.3 is 10.6 Å². The molecule has 2 N–H and O–H groups in total. The maximum absolute atomic E-state index is 13.6. The number of carbonyl (C=O) groups excluding carboxylic acids is 2. The standard InChI is InChI=1S/C25H26FN3O2/c1-14-6-5-11-27-23(14)29-24(31)20-15(2)28-18-12-25(3,4)13-19(30)22(18)21(20)16-7-9-17(26)10-8-16/h5-11,21,28H,12-13H2,1-4H3,(H,27,29,31)/t21-/m0/s1.